The Balaban J connectivity index is 2.51. The number of ketones is 1. The lowest BCUT2D eigenvalue weighted by Crippen LogP contribution is -2.16. The number of hydrogen-bond donors (Lipinski definition) is 0. The third-order valence-electron chi connectivity index (χ3n) is 2.22. The van der Waals surface area contributed by atoms with Gasteiger partial charge in [0.15, 0.2) is 0 Å². The van der Waals surface area contributed by atoms with E-state index in [2.05, 4.69) is 0 Å². The third-order valence-corrected chi connectivity index (χ3v) is 2.22. The number of benzene rings is 1. The van der Waals surface area contributed by atoms with Gasteiger partial charge in [0.05, 0.1) is 4.92 Å². The molecule has 6 heteroatoms. The first-order valence-corrected chi connectivity index (χ1v) is 5.48. The summed E-state index contributed by atoms with van der Waals surface area (Å²) in [7, 11) is 0. The molecular formula is C12H13NO5. The Morgan fingerprint density at radius 1 is 1.28 bits per heavy atom. The Morgan fingerprint density at radius 3 is 2.39 bits per heavy atom. The predicted molar refractivity (Wildman–Crippen MR) is 62.8 cm³/mol. The van der Waals surface area contributed by atoms with Crippen molar-refractivity contribution in [1.29, 1.82) is 0 Å². The number of esters is 1. The topological polar surface area (TPSA) is 86.5 Å². The number of rotatable bonds is 6. The molecule has 18 heavy (non-hydrogen) atoms. The summed E-state index contributed by atoms with van der Waals surface area (Å²) < 4.78 is 4.78. The van der Waals surface area contributed by atoms with Crippen LogP contribution < -0.4 is 0 Å². The number of carbonyl (C=O) groups is 2. The monoisotopic (exact) mass is 251 g/mol. The van der Waals surface area contributed by atoms with E-state index in [1.54, 1.807) is 6.92 Å². The first-order chi connectivity index (χ1) is 8.54. The molecule has 0 atom stereocenters. The van der Waals surface area contributed by atoms with E-state index in [-0.39, 0.29) is 18.7 Å². The van der Waals surface area contributed by atoms with Crippen LogP contribution in [0.1, 0.15) is 25.3 Å². The molecule has 96 valence electrons. The molecule has 0 N–H and O–H groups in total. The molecule has 0 aliphatic heterocycles. The molecule has 1 rings (SSSR count). The lowest BCUT2D eigenvalue weighted by atomic mass is 10.2. The van der Waals surface area contributed by atoms with Crippen LogP contribution in [0.4, 0.5) is 5.69 Å². The van der Waals surface area contributed by atoms with Crippen molar-refractivity contribution in [2.75, 3.05) is 0 Å². The van der Waals surface area contributed by atoms with Crippen molar-refractivity contribution in [3.8, 4) is 0 Å². The number of non-ortho nitro benzene ring substituents is 1. The van der Waals surface area contributed by atoms with Crippen molar-refractivity contribution < 1.29 is 19.2 Å². The van der Waals surface area contributed by atoms with Gasteiger partial charge in [0.2, 0.25) is 5.78 Å². The van der Waals surface area contributed by atoms with Crippen LogP contribution in [0, 0.1) is 10.1 Å². The fourth-order valence-electron chi connectivity index (χ4n) is 1.27. The number of carbonyl (C=O) groups excluding carboxylic acids is 2. The molecule has 0 amide bonds. The Labute approximate surface area is 104 Å². The SMILES string of the molecule is CCCC(=O)C(=O)OCc1ccc([N+](=O)[O-])cc1. The maximum atomic E-state index is 11.2. The van der Waals surface area contributed by atoms with Crippen LogP contribution >= 0.6 is 0 Å². The second-order valence-corrected chi connectivity index (χ2v) is 3.67. The van der Waals surface area contributed by atoms with Crippen LogP contribution in [0.5, 0.6) is 0 Å². The summed E-state index contributed by atoms with van der Waals surface area (Å²) in [5, 5.41) is 10.4. The van der Waals surface area contributed by atoms with Gasteiger partial charge in [-0.1, -0.05) is 6.92 Å². The molecule has 0 radical (unpaired) electrons. The highest BCUT2D eigenvalue weighted by Gasteiger charge is 2.14. The van der Waals surface area contributed by atoms with Crippen LogP contribution in [0.2, 0.25) is 0 Å². The zero-order valence-corrected chi connectivity index (χ0v) is 9.92. The average Bonchev–Trinajstić information content (AvgIpc) is 2.36. The quantitative estimate of drug-likeness (QED) is 0.334. The predicted octanol–water partition coefficient (Wildman–Crippen LogP) is 2.01. The van der Waals surface area contributed by atoms with Crippen molar-refractivity contribution in [1.82, 2.24) is 0 Å². The van der Waals surface area contributed by atoms with E-state index in [9.17, 15) is 19.7 Å². The van der Waals surface area contributed by atoms with Crippen molar-refractivity contribution in [2.24, 2.45) is 0 Å². The van der Waals surface area contributed by atoms with Gasteiger partial charge in [-0.25, -0.2) is 4.79 Å². The zero-order chi connectivity index (χ0) is 13.5. The summed E-state index contributed by atoms with van der Waals surface area (Å²) in [5.74, 6) is -1.42. The lowest BCUT2D eigenvalue weighted by molar-refractivity contribution is -0.384. The van der Waals surface area contributed by atoms with Crippen molar-refractivity contribution in [2.45, 2.75) is 26.4 Å². The summed E-state index contributed by atoms with van der Waals surface area (Å²) in [5.41, 5.74) is 0.561. The minimum absolute atomic E-state index is 0.0351. The Morgan fingerprint density at radius 2 is 1.89 bits per heavy atom. The second kappa shape index (κ2) is 6.48. The molecule has 0 fully saturated rings. The molecule has 6 nitrogen and oxygen atoms in total. The van der Waals surface area contributed by atoms with E-state index in [0.717, 1.165) is 0 Å². The average molecular weight is 251 g/mol. The van der Waals surface area contributed by atoms with E-state index in [1.807, 2.05) is 0 Å². The highest BCUT2D eigenvalue weighted by molar-refractivity contribution is 6.33. The molecule has 1 aromatic carbocycles. The molecule has 0 spiro atoms. The molecule has 1 aromatic rings. The Kier molecular flexibility index (Phi) is 4.98. The van der Waals surface area contributed by atoms with Crippen LogP contribution in [0.25, 0.3) is 0 Å². The maximum absolute atomic E-state index is 11.2. The first kappa shape index (κ1) is 13.8. The summed E-state index contributed by atoms with van der Waals surface area (Å²) in [6.07, 6.45) is 0.755. The fraction of sp³-hybridized carbons (Fsp3) is 0.333. The number of Topliss-reactive ketones (excluding diaryl/α,β-unsaturated/α-hetero) is 1. The molecule has 0 heterocycles. The molecule has 0 saturated heterocycles. The highest BCUT2D eigenvalue weighted by Crippen LogP contribution is 2.12. The third kappa shape index (κ3) is 3.97. The number of nitro groups is 1. The number of nitrogens with zero attached hydrogens (tertiary/aromatic N) is 1. The summed E-state index contributed by atoms with van der Waals surface area (Å²) >= 11 is 0. The molecule has 0 saturated carbocycles. The van der Waals surface area contributed by atoms with Crippen molar-refractivity contribution in [3.63, 3.8) is 0 Å². The summed E-state index contributed by atoms with van der Waals surface area (Å²) in [6.45, 7) is 1.73. The lowest BCUT2D eigenvalue weighted by Gasteiger charge is -2.03. The van der Waals surface area contributed by atoms with E-state index in [1.165, 1.54) is 24.3 Å². The van der Waals surface area contributed by atoms with Gasteiger partial charge in [-0.2, -0.15) is 0 Å². The summed E-state index contributed by atoms with van der Waals surface area (Å²) in [4.78, 5) is 32.2. The highest BCUT2D eigenvalue weighted by atomic mass is 16.6. The van der Waals surface area contributed by atoms with E-state index >= 15 is 0 Å². The molecule has 0 aromatic heterocycles. The molecule has 0 bridgehead atoms. The van der Waals surface area contributed by atoms with Crippen LogP contribution in [-0.4, -0.2) is 16.7 Å². The van der Waals surface area contributed by atoms with Gasteiger partial charge in [0, 0.05) is 18.6 Å². The maximum Gasteiger partial charge on any atom is 0.374 e. The second-order valence-electron chi connectivity index (χ2n) is 3.67. The smallest absolute Gasteiger partial charge is 0.374 e. The van der Waals surface area contributed by atoms with Gasteiger partial charge in [-0.3, -0.25) is 14.9 Å². The van der Waals surface area contributed by atoms with Crippen LogP contribution in [0.15, 0.2) is 24.3 Å². The summed E-state index contributed by atoms with van der Waals surface area (Å²) in [6, 6.07) is 5.60. The minimum Gasteiger partial charge on any atom is -0.455 e. The Hall–Kier alpha value is -2.24. The van der Waals surface area contributed by atoms with Gasteiger partial charge >= 0.3 is 5.97 Å². The van der Waals surface area contributed by atoms with Gasteiger partial charge in [0.25, 0.3) is 5.69 Å². The molecule has 0 unspecified atom stereocenters. The van der Waals surface area contributed by atoms with Crippen molar-refractivity contribution >= 4 is 17.4 Å². The normalized spacial score (nSPS) is 9.83. The van der Waals surface area contributed by atoms with Crippen molar-refractivity contribution in [3.05, 3.63) is 39.9 Å². The van der Waals surface area contributed by atoms with Crippen LogP contribution in [-0.2, 0) is 20.9 Å². The fourth-order valence-corrected chi connectivity index (χ4v) is 1.27. The molecular weight excluding hydrogens is 238 g/mol. The number of ether oxygens (including phenoxy) is 1. The van der Waals surface area contributed by atoms with E-state index in [4.69, 9.17) is 4.74 Å². The largest absolute Gasteiger partial charge is 0.455 e. The van der Waals surface area contributed by atoms with Crippen LogP contribution in [0.3, 0.4) is 0 Å². The Bertz CT molecular complexity index is 452. The zero-order valence-electron chi connectivity index (χ0n) is 9.92. The minimum atomic E-state index is -0.866. The standard InChI is InChI=1S/C12H13NO5/c1-2-3-11(14)12(15)18-8-9-4-6-10(7-5-9)13(16)17/h4-7H,2-3,8H2,1H3. The van der Waals surface area contributed by atoms with Gasteiger partial charge in [0.1, 0.15) is 6.61 Å². The van der Waals surface area contributed by atoms with Gasteiger partial charge in [-0.15, -0.1) is 0 Å². The number of hydrogen-bond acceptors (Lipinski definition) is 5. The first-order valence-electron chi connectivity index (χ1n) is 5.48. The molecule has 0 aliphatic carbocycles. The number of nitro benzene ring substituents is 1. The van der Waals surface area contributed by atoms with Gasteiger partial charge in [-0.05, 0) is 24.1 Å². The van der Waals surface area contributed by atoms with E-state index in [0.29, 0.717) is 12.0 Å². The molecule has 0 aliphatic rings. The van der Waals surface area contributed by atoms with E-state index < -0.39 is 16.7 Å². The van der Waals surface area contributed by atoms with Gasteiger partial charge < -0.3 is 4.74 Å².